The predicted octanol–water partition coefficient (Wildman–Crippen LogP) is 3.96. The summed E-state index contributed by atoms with van der Waals surface area (Å²) in [5, 5.41) is 3.41. The molecule has 1 aromatic rings. The smallest absolute Gasteiger partial charge is 0.243 e. The molecule has 0 saturated carbocycles. The number of nitrogens with one attached hydrogen (secondary N) is 1. The first-order chi connectivity index (χ1) is 13.0. The van der Waals surface area contributed by atoms with Crippen LogP contribution in [0, 0.1) is 17.7 Å². The van der Waals surface area contributed by atoms with Crippen LogP contribution in [0.1, 0.15) is 57.4 Å². The third kappa shape index (κ3) is 5.30. The second-order valence-electron chi connectivity index (χ2n) is 8.08. The summed E-state index contributed by atoms with van der Waals surface area (Å²) in [5.41, 5.74) is 0.695. The molecule has 0 aliphatic carbocycles. The molecular formula is C21H33FN2O2S. The Kier molecular flexibility index (Phi) is 7.29. The van der Waals surface area contributed by atoms with Crippen LogP contribution >= 0.6 is 0 Å². The van der Waals surface area contributed by atoms with E-state index >= 15 is 0 Å². The average molecular weight is 397 g/mol. The van der Waals surface area contributed by atoms with Gasteiger partial charge in [-0.1, -0.05) is 32.3 Å². The highest BCUT2D eigenvalue weighted by atomic mass is 32.2. The summed E-state index contributed by atoms with van der Waals surface area (Å²) < 4.78 is 41.2. The number of hydrogen-bond donors (Lipinski definition) is 1. The number of sulfonamides is 1. The first-order valence-electron chi connectivity index (χ1n) is 10.5. The van der Waals surface area contributed by atoms with Crippen LogP contribution in [0.2, 0.25) is 0 Å². The number of rotatable bonds is 7. The van der Waals surface area contributed by atoms with E-state index in [2.05, 4.69) is 5.32 Å². The maximum atomic E-state index is 13.6. The number of aryl methyl sites for hydroxylation is 1. The molecule has 4 nitrogen and oxygen atoms in total. The van der Waals surface area contributed by atoms with E-state index in [0.29, 0.717) is 31.0 Å². The maximum absolute atomic E-state index is 13.6. The zero-order chi connectivity index (χ0) is 19.3. The van der Waals surface area contributed by atoms with Crippen LogP contribution in [0.5, 0.6) is 0 Å². The largest absolute Gasteiger partial charge is 0.317 e. The number of hydrogen-bond acceptors (Lipinski definition) is 3. The number of nitrogens with zero attached hydrogens (tertiary/aromatic N) is 1. The van der Waals surface area contributed by atoms with Crippen LogP contribution in [0.3, 0.4) is 0 Å². The molecule has 2 fully saturated rings. The molecule has 0 radical (unpaired) electrons. The van der Waals surface area contributed by atoms with Crippen molar-refractivity contribution in [2.45, 2.75) is 63.2 Å². The van der Waals surface area contributed by atoms with Crippen molar-refractivity contribution in [2.75, 3.05) is 26.2 Å². The summed E-state index contributed by atoms with van der Waals surface area (Å²) in [6, 6.07) is 4.11. The van der Waals surface area contributed by atoms with E-state index in [1.54, 1.807) is 10.4 Å². The van der Waals surface area contributed by atoms with Crippen molar-refractivity contribution in [3.8, 4) is 0 Å². The fourth-order valence-corrected chi connectivity index (χ4v) is 6.28. The Morgan fingerprint density at radius 2 is 1.70 bits per heavy atom. The van der Waals surface area contributed by atoms with Crippen LogP contribution in [0.25, 0.3) is 0 Å². The minimum Gasteiger partial charge on any atom is -0.317 e. The van der Waals surface area contributed by atoms with Gasteiger partial charge in [-0.3, -0.25) is 0 Å². The Morgan fingerprint density at radius 1 is 1.07 bits per heavy atom. The van der Waals surface area contributed by atoms with E-state index in [-0.39, 0.29) is 4.90 Å². The minimum absolute atomic E-state index is 0.148. The van der Waals surface area contributed by atoms with Gasteiger partial charge in [0.15, 0.2) is 0 Å². The molecule has 1 N–H and O–H groups in total. The van der Waals surface area contributed by atoms with Gasteiger partial charge in [-0.2, -0.15) is 4.31 Å². The molecule has 1 aromatic carbocycles. The van der Waals surface area contributed by atoms with Gasteiger partial charge in [0, 0.05) is 13.1 Å². The van der Waals surface area contributed by atoms with Crippen molar-refractivity contribution in [1.82, 2.24) is 9.62 Å². The molecule has 3 rings (SSSR count). The predicted molar refractivity (Wildman–Crippen MR) is 107 cm³/mol. The van der Waals surface area contributed by atoms with E-state index in [4.69, 9.17) is 0 Å². The van der Waals surface area contributed by atoms with Crippen molar-refractivity contribution in [2.24, 2.45) is 11.8 Å². The lowest BCUT2D eigenvalue weighted by molar-refractivity contribution is 0.250. The van der Waals surface area contributed by atoms with E-state index in [1.807, 2.05) is 6.92 Å². The van der Waals surface area contributed by atoms with Crippen LogP contribution in [-0.4, -0.2) is 38.9 Å². The van der Waals surface area contributed by atoms with Gasteiger partial charge in [0.05, 0.1) is 4.90 Å². The van der Waals surface area contributed by atoms with Crippen molar-refractivity contribution in [3.63, 3.8) is 0 Å². The van der Waals surface area contributed by atoms with Gasteiger partial charge in [0.2, 0.25) is 10.0 Å². The maximum Gasteiger partial charge on any atom is 0.243 e. The summed E-state index contributed by atoms with van der Waals surface area (Å²) in [7, 11) is -3.60. The Hall–Kier alpha value is -0.980. The molecule has 0 amide bonds. The van der Waals surface area contributed by atoms with E-state index < -0.39 is 15.8 Å². The Balaban J connectivity index is 1.51. The standard InChI is InChI=1S/C21H33FN2O2S/c1-2-19-6-7-20(22)16-21(19)27(25,26)24-14-10-18(11-15-24)5-3-4-17-8-12-23-13-9-17/h6-7,16-18,23H,2-5,8-15H2,1H3. The normalized spacial score (nSPS) is 20.8. The summed E-state index contributed by atoms with van der Waals surface area (Å²) in [4.78, 5) is 0.148. The summed E-state index contributed by atoms with van der Waals surface area (Å²) in [6.07, 6.45) is 8.79. The van der Waals surface area contributed by atoms with Crippen LogP contribution in [-0.2, 0) is 16.4 Å². The highest BCUT2D eigenvalue weighted by Crippen LogP contribution is 2.30. The van der Waals surface area contributed by atoms with Crippen molar-refractivity contribution >= 4 is 10.0 Å². The molecule has 0 aromatic heterocycles. The van der Waals surface area contributed by atoms with Gasteiger partial charge in [0.1, 0.15) is 5.82 Å². The molecule has 2 aliphatic rings. The van der Waals surface area contributed by atoms with E-state index in [1.165, 1.54) is 44.2 Å². The zero-order valence-corrected chi connectivity index (χ0v) is 17.2. The van der Waals surface area contributed by atoms with Gasteiger partial charge < -0.3 is 5.32 Å². The number of piperidine rings is 2. The van der Waals surface area contributed by atoms with Crippen LogP contribution in [0.4, 0.5) is 4.39 Å². The Bertz CT molecular complexity index is 709. The summed E-state index contributed by atoms with van der Waals surface area (Å²) >= 11 is 0. The minimum atomic E-state index is -3.60. The lowest BCUT2D eigenvalue weighted by atomic mass is 9.87. The molecule has 2 heterocycles. The SMILES string of the molecule is CCc1ccc(F)cc1S(=O)(=O)N1CCC(CCCC2CCNCC2)CC1. The van der Waals surface area contributed by atoms with Gasteiger partial charge in [-0.25, -0.2) is 12.8 Å². The van der Waals surface area contributed by atoms with Crippen LogP contribution in [0.15, 0.2) is 23.1 Å². The van der Waals surface area contributed by atoms with Gasteiger partial charge in [-0.05, 0) is 74.7 Å². The van der Waals surface area contributed by atoms with Gasteiger partial charge in [-0.15, -0.1) is 0 Å². The summed E-state index contributed by atoms with van der Waals surface area (Å²) in [5.74, 6) is 1.00. The molecule has 2 saturated heterocycles. The highest BCUT2D eigenvalue weighted by molar-refractivity contribution is 7.89. The van der Waals surface area contributed by atoms with Crippen molar-refractivity contribution < 1.29 is 12.8 Å². The Labute approximate surface area is 163 Å². The molecule has 0 atom stereocenters. The molecule has 6 heteroatoms. The van der Waals surface area contributed by atoms with Crippen LogP contribution < -0.4 is 5.32 Å². The lowest BCUT2D eigenvalue weighted by Crippen LogP contribution is -2.38. The van der Waals surface area contributed by atoms with Gasteiger partial charge >= 0.3 is 0 Å². The average Bonchev–Trinajstić information content (AvgIpc) is 2.69. The van der Waals surface area contributed by atoms with E-state index in [0.717, 1.165) is 31.8 Å². The van der Waals surface area contributed by atoms with Gasteiger partial charge in [0.25, 0.3) is 0 Å². The first-order valence-corrected chi connectivity index (χ1v) is 11.9. The molecule has 0 bridgehead atoms. The van der Waals surface area contributed by atoms with Crippen molar-refractivity contribution in [3.05, 3.63) is 29.6 Å². The monoisotopic (exact) mass is 396 g/mol. The number of benzene rings is 1. The topological polar surface area (TPSA) is 49.4 Å². The molecular weight excluding hydrogens is 363 g/mol. The molecule has 0 unspecified atom stereocenters. The fraction of sp³-hybridized carbons (Fsp3) is 0.714. The zero-order valence-electron chi connectivity index (χ0n) is 16.4. The first kappa shape index (κ1) is 20.7. The molecule has 2 aliphatic heterocycles. The third-order valence-corrected chi connectivity index (χ3v) is 8.27. The Morgan fingerprint density at radius 3 is 2.33 bits per heavy atom. The number of halogens is 1. The quantitative estimate of drug-likeness (QED) is 0.759. The fourth-order valence-electron chi connectivity index (χ4n) is 4.50. The van der Waals surface area contributed by atoms with E-state index in [9.17, 15) is 12.8 Å². The van der Waals surface area contributed by atoms with Crippen molar-refractivity contribution in [1.29, 1.82) is 0 Å². The second kappa shape index (κ2) is 9.48. The molecule has 152 valence electrons. The molecule has 27 heavy (non-hydrogen) atoms. The lowest BCUT2D eigenvalue weighted by Gasteiger charge is -2.32. The molecule has 0 spiro atoms. The summed E-state index contributed by atoms with van der Waals surface area (Å²) in [6.45, 7) is 5.32. The third-order valence-electron chi connectivity index (χ3n) is 6.28. The second-order valence-corrected chi connectivity index (χ2v) is 9.98. The highest BCUT2D eigenvalue weighted by Gasteiger charge is 2.31.